The predicted molar refractivity (Wildman–Crippen MR) is 66.6 cm³/mol. The van der Waals surface area contributed by atoms with Crippen LogP contribution in [0.25, 0.3) is 0 Å². The van der Waals surface area contributed by atoms with Crippen molar-refractivity contribution in [1.29, 1.82) is 0 Å². The minimum absolute atomic E-state index is 0.200. The maximum atomic E-state index is 13.9. The molecule has 2 N–H and O–H groups in total. The van der Waals surface area contributed by atoms with Crippen LogP contribution >= 0.6 is 0 Å². The first-order valence-corrected chi connectivity index (χ1v) is 6.13. The molecule has 17 heavy (non-hydrogen) atoms. The van der Waals surface area contributed by atoms with Gasteiger partial charge < -0.3 is 15.3 Å². The summed E-state index contributed by atoms with van der Waals surface area (Å²) in [6.07, 6.45) is 0.398. The Labute approximate surface area is 101 Å². The number of aliphatic hydroxyl groups is 1. The SMILES string of the molecule is CCNCc1ccc(N2CCC(O)C2)c(F)c1. The molecule has 3 nitrogen and oxygen atoms in total. The number of hydrogen-bond acceptors (Lipinski definition) is 3. The molecule has 1 fully saturated rings. The maximum absolute atomic E-state index is 13.9. The van der Waals surface area contributed by atoms with Crippen LogP contribution in [0.15, 0.2) is 18.2 Å². The van der Waals surface area contributed by atoms with Crippen LogP contribution in [0.4, 0.5) is 10.1 Å². The van der Waals surface area contributed by atoms with Crippen molar-refractivity contribution in [2.24, 2.45) is 0 Å². The van der Waals surface area contributed by atoms with Gasteiger partial charge in [0.25, 0.3) is 0 Å². The van der Waals surface area contributed by atoms with Crippen molar-refractivity contribution < 1.29 is 9.50 Å². The number of aliphatic hydroxyl groups excluding tert-OH is 1. The molecule has 1 aromatic rings. The lowest BCUT2D eigenvalue weighted by molar-refractivity contribution is 0.198. The van der Waals surface area contributed by atoms with Gasteiger partial charge in [0.05, 0.1) is 11.8 Å². The number of β-amino-alcohol motifs (C(OH)–C–C–N with tert-alkyl or cyclic N) is 1. The minimum atomic E-state index is -0.323. The molecular weight excluding hydrogens is 219 g/mol. The number of hydrogen-bond donors (Lipinski definition) is 2. The molecule has 0 amide bonds. The summed E-state index contributed by atoms with van der Waals surface area (Å²) < 4.78 is 13.9. The highest BCUT2D eigenvalue weighted by molar-refractivity contribution is 5.50. The van der Waals surface area contributed by atoms with Crippen molar-refractivity contribution in [2.75, 3.05) is 24.5 Å². The van der Waals surface area contributed by atoms with E-state index in [9.17, 15) is 9.50 Å². The summed E-state index contributed by atoms with van der Waals surface area (Å²) in [5, 5.41) is 12.6. The monoisotopic (exact) mass is 238 g/mol. The van der Waals surface area contributed by atoms with Gasteiger partial charge in [0.2, 0.25) is 0 Å². The second kappa shape index (κ2) is 5.47. The van der Waals surface area contributed by atoms with Gasteiger partial charge in [-0.2, -0.15) is 0 Å². The Morgan fingerprint density at radius 2 is 2.35 bits per heavy atom. The molecular formula is C13H19FN2O. The largest absolute Gasteiger partial charge is 0.391 e. The van der Waals surface area contributed by atoms with Crippen LogP contribution in [0.2, 0.25) is 0 Å². The molecule has 0 saturated carbocycles. The van der Waals surface area contributed by atoms with Crippen molar-refractivity contribution in [2.45, 2.75) is 26.0 Å². The summed E-state index contributed by atoms with van der Waals surface area (Å²) in [5.41, 5.74) is 1.55. The molecule has 4 heteroatoms. The van der Waals surface area contributed by atoms with Crippen LogP contribution in [0, 0.1) is 5.82 Å². The van der Waals surface area contributed by atoms with E-state index in [1.807, 2.05) is 17.9 Å². The summed E-state index contributed by atoms with van der Waals surface area (Å²) in [6.45, 7) is 4.85. The van der Waals surface area contributed by atoms with Crippen molar-refractivity contribution >= 4 is 5.69 Å². The average Bonchev–Trinajstić information content (AvgIpc) is 2.73. The fourth-order valence-corrected chi connectivity index (χ4v) is 2.15. The van der Waals surface area contributed by atoms with E-state index in [-0.39, 0.29) is 11.9 Å². The smallest absolute Gasteiger partial charge is 0.146 e. The van der Waals surface area contributed by atoms with E-state index in [1.165, 1.54) is 0 Å². The molecule has 1 unspecified atom stereocenters. The van der Waals surface area contributed by atoms with Crippen molar-refractivity contribution in [3.05, 3.63) is 29.6 Å². The first kappa shape index (κ1) is 12.3. The van der Waals surface area contributed by atoms with Crippen LogP contribution in [-0.4, -0.2) is 30.8 Å². The Morgan fingerprint density at radius 3 is 2.94 bits per heavy atom. The Balaban J connectivity index is 2.08. The molecule has 1 aliphatic rings. The summed E-state index contributed by atoms with van der Waals surface area (Å²) >= 11 is 0. The van der Waals surface area contributed by atoms with Gasteiger partial charge in [-0.1, -0.05) is 13.0 Å². The number of halogens is 1. The quantitative estimate of drug-likeness (QED) is 0.834. The van der Waals surface area contributed by atoms with Gasteiger partial charge in [0.15, 0.2) is 0 Å². The van der Waals surface area contributed by atoms with E-state index in [1.54, 1.807) is 12.1 Å². The first-order valence-electron chi connectivity index (χ1n) is 6.13. The number of rotatable bonds is 4. The zero-order valence-electron chi connectivity index (χ0n) is 10.1. The van der Waals surface area contributed by atoms with Gasteiger partial charge in [0.1, 0.15) is 5.82 Å². The van der Waals surface area contributed by atoms with Crippen molar-refractivity contribution in [1.82, 2.24) is 5.32 Å². The fourth-order valence-electron chi connectivity index (χ4n) is 2.15. The maximum Gasteiger partial charge on any atom is 0.146 e. The van der Waals surface area contributed by atoms with E-state index >= 15 is 0 Å². The molecule has 0 radical (unpaired) electrons. The van der Waals surface area contributed by atoms with Crippen LogP contribution < -0.4 is 10.2 Å². The third-order valence-electron chi connectivity index (χ3n) is 3.10. The molecule has 0 aromatic heterocycles. The molecule has 1 atom stereocenters. The lowest BCUT2D eigenvalue weighted by atomic mass is 10.2. The molecule has 1 aliphatic heterocycles. The molecule has 94 valence electrons. The van der Waals surface area contributed by atoms with Crippen LogP contribution in [0.5, 0.6) is 0 Å². The second-order valence-corrected chi connectivity index (χ2v) is 4.45. The van der Waals surface area contributed by atoms with E-state index in [0.29, 0.717) is 18.8 Å². The minimum Gasteiger partial charge on any atom is -0.391 e. The molecule has 2 rings (SSSR count). The summed E-state index contributed by atoms with van der Waals surface area (Å²) in [7, 11) is 0. The third kappa shape index (κ3) is 2.96. The predicted octanol–water partition coefficient (Wildman–Crippen LogP) is 1.51. The summed E-state index contributed by atoms with van der Waals surface area (Å²) in [5.74, 6) is -0.200. The number of anilines is 1. The Kier molecular flexibility index (Phi) is 3.97. The summed E-state index contributed by atoms with van der Waals surface area (Å²) in [4.78, 5) is 1.90. The molecule has 1 saturated heterocycles. The van der Waals surface area contributed by atoms with Crippen LogP contribution in [-0.2, 0) is 6.54 Å². The van der Waals surface area contributed by atoms with Gasteiger partial charge >= 0.3 is 0 Å². The van der Waals surface area contributed by atoms with Crippen LogP contribution in [0.1, 0.15) is 18.9 Å². The van der Waals surface area contributed by atoms with Crippen LogP contribution in [0.3, 0.4) is 0 Å². The van der Waals surface area contributed by atoms with E-state index in [4.69, 9.17) is 0 Å². The van der Waals surface area contributed by atoms with Gasteiger partial charge in [-0.15, -0.1) is 0 Å². The average molecular weight is 238 g/mol. The third-order valence-corrected chi connectivity index (χ3v) is 3.10. The van der Waals surface area contributed by atoms with Gasteiger partial charge in [-0.25, -0.2) is 4.39 Å². The highest BCUT2D eigenvalue weighted by Gasteiger charge is 2.22. The van der Waals surface area contributed by atoms with Crippen molar-refractivity contribution in [3.63, 3.8) is 0 Å². The first-order chi connectivity index (χ1) is 8.20. The van der Waals surface area contributed by atoms with E-state index in [2.05, 4.69) is 5.32 Å². The van der Waals surface area contributed by atoms with Gasteiger partial charge in [-0.3, -0.25) is 0 Å². The standard InChI is InChI=1S/C13H19FN2O/c1-2-15-8-10-3-4-13(12(14)7-10)16-6-5-11(17)9-16/h3-4,7,11,15,17H,2,5-6,8-9H2,1H3. The lowest BCUT2D eigenvalue weighted by Gasteiger charge is -2.19. The molecule has 1 heterocycles. The Hall–Kier alpha value is -1.13. The zero-order chi connectivity index (χ0) is 12.3. The highest BCUT2D eigenvalue weighted by atomic mass is 19.1. The molecule has 1 aromatic carbocycles. The second-order valence-electron chi connectivity index (χ2n) is 4.45. The number of nitrogens with zero attached hydrogens (tertiary/aromatic N) is 1. The van der Waals surface area contributed by atoms with E-state index < -0.39 is 0 Å². The normalized spacial score (nSPS) is 19.9. The molecule has 0 spiro atoms. The number of nitrogens with one attached hydrogen (secondary N) is 1. The Morgan fingerprint density at radius 1 is 1.53 bits per heavy atom. The number of benzene rings is 1. The van der Waals surface area contributed by atoms with Gasteiger partial charge in [0, 0.05) is 19.6 Å². The molecule has 0 bridgehead atoms. The van der Waals surface area contributed by atoms with Crippen molar-refractivity contribution in [3.8, 4) is 0 Å². The lowest BCUT2D eigenvalue weighted by Crippen LogP contribution is -2.22. The highest BCUT2D eigenvalue weighted by Crippen LogP contribution is 2.24. The van der Waals surface area contributed by atoms with Gasteiger partial charge in [-0.05, 0) is 30.7 Å². The zero-order valence-corrected chi connectivity index (χ0v) is 10.1. The fraction of sp³-hybridized carbons (Fsp3) is 0.538. The molecule has 0 aliphatic carbocycles. The Bertz CT molecular complexity index is 384. The summed E-state index contributed by atoms with van der Waals surface area (Å²) in [6, 6.07) is 5.31. The van der Waals surface area contributed by atoms with E-state index in [0.717, 1.165) is 25.1 Å². The topological polar surface area (TPSA) is 35.5 Å².